The van der Waals surface area contributed by atoms with Crippen molar-refractivity contribution < 1.29 is 9.21 Å². The summed E-state index contributed by atoms with van der Waals surface area (Å²) in [6.07, 6.45) is 1.63. The van der Waals surface area contributed by atoms with Gasteiger partial charge in [-0.15, -0.1) is 0 Å². The highest BCUT2D eigenvalue weighted by molar-refractivity contribution is 5.96. The Bertz CT molecular complexity index is 580. The van der Waals surface area contributed by atoms with Crippen molar-refractivity contribution in [3.63, 3.8) is 0 Å². The van der Waals surface area contributed by atoms with Crippen LogP contribution in [0.15, 0.2) is 10.6 Å². The Hall–Kier alpha value is -2.31. The summed E-state index contributed by atoms with van der Waals surface area (Å²) < 4.78 is 6.99. The molecule has 2 aromatic rings. The van der Waals surface area contributed by atoms with Gasteiger partial charge in [-0.05, 0) is 20.8 Å². The summed E-state index contributed by atoms with van der Waals surface area (Å²) in [5, 5.41) is 6.77. The molecule has 0 aromatic carbocycles. The maximum absolute atomic E-state index is 11.9. The summed E-state index contributed by atoms with van der Waals surface area (Å²) >= 11 is 0. The molecule has 7 heteroatoms. The van der Waals surface area contributed by atoms with E-state index in [0.717, 1.165) is 11.5 Å². The molecule has 1 amide bonds. The van der Waals surface area contributed by atoms with Gasteiger partial charge in [0, 0.05) is 12.7 Å². The van der Waals surface area contributed by atoms with Gasteiger partial charge in [-0.1, -0.05) is 0 Å². The van der Waals surface area contributed by atoms with Crippen molar-refractivity contribution in [1.82, 2.24) is 20.1 Å². The van der Waals surface area contributed by atoms with Crippen molar-refractivity contribution in [2.75, 3.05) is 5.73 Å². The van der Waals surface area contributed by atoms with E-state index in [4.69, 9.17) is 10.2 Å². The molecule has 0 saturated heterocycles. The highest BCUT2D eigenvalue weighted by Crippen LogP contribution is 2.10. The number of carbonyl (C=O) groups is 1. The summed E-state index contributed by atoms with van der Waals surface area (Å²) in [6, 6.07) is 0. The Morgan fingerprint density at radius 3 is 2.79 bits per heavy atom. The molecule has 7 nitrogen and oxygen atoms in total. The Labute approximate surface area is 110 Å². The topological polar surface area (TPSA) is 99.0 Å². The molecule has 3 N–H and O–H groups in total. The van der Waals surface area contributed by atoms with E-state index in [1.807, 2.05) is 20.8 Å². The molecule has 0 aliphatic heterocycles. The number of nitrogens with one attached hydrogen (secondary N) is 1. The van der Waals surface area contributed by atoms with Crippen LogP contribution < -0.4 is 11.1 Å². The zero-order valence-corrected chi connectivity index (χ0v) is 11.2. The van der Waals surface area contributed by atoms with Crippen molar-refractivity contribution in [3.05, 3.63) is 29.2 Å². The molecule has 0 unspecified atom stereocenters. The molecule has 0 atom stereocenters. The van der Waals surface area contributed by atoms with Gasteiger partial charge in [-0.25, -0.2) is 4.98 Å². The van der Waals surface area contributed by atoms with Crippen molar-refractivity contribution in [2.45, 2.75) is 33.9 Å². The van der Waals surface area contributed by atoms with Crippen LogP contribution in [0, 0.1) is 13.8 Å². The van der Waals surface area contributed by atoms with Gasteiger partial charge in [0.05, 0.1) is 17.9 Å². The van der Waals surface area contributed by atoms with Gasteiger partial charge >= 0.3 is 0 Å². The van der Waals surface area contributed by atoms with E-state index in [2.05, 4.69) is 15.4 Å². The van der Waals surface area contributed by atoms with E-state index in [1.54, 1.807) is 10.9 Å². The first-order valence-electron chi connectivity index (χ1n) is 6.05. The van der Waals surface area contributed by atoms with Gasteiger partial charge in [0.2, 0.25) is 5.89 Å². The second-order valence-electron chi connectivity index (χ2n) is 4.22. The lowest BCUT2D eigenvalue weighted by Gasteiger charge is -2.00. The summed E-state index contributed by atoms with van der Waals surface area (Å²) in [5.41, 5.74) is 7.13. The third kappa shape index (κ3) is 2.75. The maximum Gasteiger partial charge on any atom is 0.274 e. The summed E-state index contributed by atoms with van der Waals surface area (Å²) in [5.74, 6) is 0.883. The van der Waals surface area contributed by atoms with Crippen LogP contribution in [0.25, 0.3) is 0 Å². The predicted molar refractivity (Wildman–Crippen MR) is 69.5 cm³/mol. The number of hydrogen-bond donors (Lipinski definition) is 2. The molecule has 0 spiro atoms. The zero-order chi connectivity index (χ0) is 14.0. The van der Waals surface area contributed by atoms with Gasteiger partial charge in [0.1, 0.15) is 5.76 Å². The van der Waals surface area contributed by atoms with Gasteiger partial charge in [-0.2, -0.15) is 5.10 Å². The van der Waals surface area contributed by atoms with Crippen LogP contribution in [0.4, 0.5) is 5.69 Å². The van der Waals surface area contributed by atoms with Crippen LogP contribution in [0.3, 0.4) is 0 Å². The first-order valence-corrected chi connectivity index (χ1v) is 6.05. The quantitative estimate of drug-likeness (QED) is 0.858. The standard InChI is InChI=1S/C12H17N5O2/c1-4-17-6-9(13)11(16-17)12(18)14-5-10-15-7(2)8(3)19-10/h6H,4-5,13H2,1-3H3,(H,14,18). The molecular weight excluding hydrogens is 246 g/mol. The Morgan fingerprint density at radius 2 is 2.26 bits per heavy atom. The lowest BCUT2D eigenvalue weighted by molar-refractivity contribution is 0.0942. The number of aryl methyl sites for hydroxylation is 3. The highest BCUT2D eigenvalue weighted by atomic mass is 16.4. The number of oxazole rings is 1. The fourth-order valence-electron chi connectivity index (χ4n) is 1.63. The number of rotatable bonds is 4. The molecule has 0 aliphatic carbocycles. The minimum absolute atomic E-state index is 0.214. The van der Waals surface area contributed by atoms with E-state index in [0.29, 0.717) is 18.1 Å². The monoisotopic (exact) mass is 263 g/mol. The second-order valence-corrected chi connectivity index (χ2v) is 4.22. The van der Waals surface area contributed by atoms with Crippen LogP contribution in [-0.4, -0.2) is 20.7 Å². The number of carbonyl (C=O) groups excluding carboxylic acids is 1. The van der Waals surface area contributed by atoms with Crippen molar-refractivity contribution in [1.29, 1.82) is 0 Å². The third-order valence-electron chi connectivity index (χ3n) is 2.80. The minimum Gasteiger partial charge on any atom is -0.444 e. The molecule has 0 radical (unpaired) electrons. The second kappa shape index (κ2) is 5.13. The lowest BCUT2D eigenvalue weighted by Crippen LogP contribution is -2.24. The van der Waals surface area contributed by atoms with Crippen LogP contribution in [0.5, 0.6) is 0 Å². The number of aromatic nitrogens is 3. The molecular formula is C12H17N5O2. The smallest absolute Gasteiger partial charge is 0.274 e. The predicted octanol–water partition coefficient (Wildman–Crippen LogP) is 1.02. The number of nitrogens with two attached hydrogens (primary N) is 1. The van der Waals surface area contributed by atoms with E-state index < -0.39 is 0 Å². The third-order valence-corrected chi connectivity index (χ3v) is 2.80. The Kier molecular flexibility index (Phi) is 3.55. The van der Waals surface area contributed by atoms with Crippen LogP contribution in [0.2, 0.25) is 0 Å². The fraction of sp³-hybridized carbons (Fsp3) is 0.417. The number of nitrogen functional groups attached to an aromatic ring is 1. The van der Waals surface area contributed by atoms with E-state index in [9.17, 15) is 4.79 Å². The van der Waals surface area contributed by atoms with Crippen molar-refractivity contribution in [2.24, 2.45) is 0 Å². The molecule has 2 heterocycles. The first-order chi connectivity index (χ1) is 9.01. The van der Waals surface area contributed by atoms with Gasteiger partial charge in [0.15, 0.2) is 5.69 Å². The molecule has 2 aromatic heterocycles. The fourth-order valence-corrected chi connectivity index (χ4v) is 1.63. The minimum atomic E-state index is -0.335. The normalized spacial score (nSPS) is 10.7. The summed E-state index contributed by atoms with van der Waals surface area (Å²) in [7, 11) is 0. The average molecular weight is 263 g/mol. The number of anilines is 1. The Balaban J connectivity index is 2.02. The van der Waals surface area contributed by atoms with Crippen LogP contribution in [0.1, 0.15) is 34.8 Å². The summed E-state index contributed by atoms with van der Waals surface area (Å²) in [6.45, 7) is 6.48. The number of nitrogens with zero attached hydrogens (tertiary/aromatic N) is 3. The zero-order valence-electron chi connectivity index (χ0n) is 11.2. The maximum atomic E-state index is 11.9. The SMILES string of the molecule is CCn1cc(N)c(C(=O)NCc2nc(C)c(C)o2)n1. The summed E-state index contributed by atoms with van der Waals surface area (Å²) in [4.78, 5) is 16.1. The number of amides is 1. The first kappa shape index (κ1) is 13.1. The number of hydrogen-bond acceptors (Lipinski definition) is 5. The molecule has 0 bridgehead atoms. The molecule has 0 saturated carbocycles. The molecule has 2 rings (SSSR count). The van der Waals surface area contributed by atoms with Gasteiger partial charge in [-0.3, -0.25) is 9.48 Å². The molecule has 19 heavy (non-hydrogen) atoms. The average Bonchev–Trinajstić information content (AvgIpc) is 2.90. The van der Waals surface area contributed by atoms with Crippen molar-refractivity contribution in [3.8, 4) is 0 Å². The largest absolute Gasteiger partial charge is 0.444 e. The lowest BCUT2D eigenvalue weighted by atomic mass is 10.3. The van der Waals surface area contributed by atoms with E-state index in [-0.39, 0.29) is 18.1 Å². The van der Waals surface area contributed by atoms with Crippen molar-refractivity contribution >= 4 is 11.6 Å². The highest BCUT2D eigenvalue weighted by Gasteiger charge is 2.15. The molecule has 102 valence electrons. The van der Waals surface area contributed by atoms with E-state index in [1.165, 1.54) is 0 Å². The molecule has 0 fully saturated rings. The molecule has 0 aliphatic rings. The van der Waals surface area contributed by atoms with Gasteiger partial charge in [0.25, 0.3) is 5.91 Å². The van der Waals surface area contributed by atoms with Crippen LogP contribution >= 0.6 is 0 Å². The van der Waals surface area contributed by atoms with E-state index >= 15 is 0 Å². The van der Waals surface area contributed by atoms with Crippen LogP contribution in [-0.2, 0) is 13.1 Å². The van der Waals surface area contributed by atoms with Gasteiger partial charge < -0.3 is 15.5 Å². The Morgan fingerprint density at radius 1 is 1.53 bits per heavy atom.